The van der Waals surface area contributed by atoms with E-state index in [1.165, 1.54) is 6.07 Å². The maximum absolute atomic E-state index is 14.1. The van der Waals surface area contributed by atoms with Crippen molar-refractivity contribution < 1.29 is 4.39 Å². The third-order valence-corrected chi connectivity index (χ3v) is 3.30. The lowest BCUT2D eigenvalue weighted by molar-refractivity contribution is 0.614. The number of aromatic nitrogens is 2. The Bertz CT molecular complexity index is 613. The smallest absolute Gasteiger partial charge is 0.191 e. The van der Waals surface area contributed by atoms with Crippen molar-refractivity contribution in [3.63, 3.8) is 0 Å². The molecule has 1 aromatic heterocycles. The molecule has 5 nitrogen and oxygen atoms in total. The van der Waals surface area contributed by atoms with Gasteiger partial charge in [-0.3, -0.25) is 4.99 Å². The van der Waals surface area contributed by atoms with Crippen molar-refractivity contribution in [1.29, 1.82) is 0 Å². The summed E-state index contributed by atoms with van der Waals surface area (Å²) in [5.41, 5.74) is 1.35. The highest BCUT2D eigenvalue weighted by atomic mass is 127. The fraction of sp³-hybridized carbons (Fsp3) is 0.375. The first kappa shape index (κ1) is 19.4. The summed E-state index contributed by atoms with van der Waals surface area (Å²) in [5.74, 6) is 0.457. The molecule has 23 heavy (non-hydrogen) atoms. The number of hydrogen-bond acceptors (Lipinski definition) is 2. The minimum Gasteiger partial charge on any atom is -0.356 e. The van der Waals surface area contributed by atoms with Crippen LogP contribution in [0.2, 0.25) is 0 Å². The van der Waals surface area contributed by atoms with Crippen molar-refractivity contribution >= 4 is 29.9 Å². The zero-order valence-electron chi connectivity index (χ0n) is 13.4. The van der Waals surface area contributed by atoms with E-state index >= 15 is 0 Å². The van der Waals surface area contributed by atoms with Gasteiger partial charge >= 0.3 is 0 Å². The molecule has 0 aliphatic carbocycles. The van der Waals surface area contributed by atoms with Crippen molar-refractivity contribution in [2.24, 2.45) is 4.99 Å². The molecule has 0 fully saturated rings. The molecule has 2 aromatic rings. The summed E-state index contributed by atoms with van der Waals surface area (Å²) in [5, 5.41) is 6.40. The number of benzene rings is 1. The predicted octanol–water partition coefficient (Wildman–Crippen LogP) is 3.09. The molecule has 1 heterocycles. The number of rotatable bonds is 6. The van der Waals surface area contributed by atoms with Gasteiger partial charge in [0.05, 0.1) is 12.0 Å². The third kappa shape index (κ3) is 5.81. The van der Waals surface area contributed by atoms with E-state index in [0.29, 0.717) is 12.2 Å². The molecule has 0 atom stereocenters. The maximum atomic E-state index is 14.1. The lowest BCUT2D eigenvalue weighted by Gasteiger charge is -2.12. The molecule has 0 aliphatic rings. The fourth-order valence-electron chi connectivity index (χ4n) is 2.06. The second kappa shape index (κ2) is 10.2. The summed E-state index contributed by atoms with van der Waals surface area (Å²) in [6.45, 7) is 3.54. The van der Waals surface area contributed by atoms with Crippen molar-refractivity contribution in [1.82, 2.24) is 20.2 Å². The van der Waals surface area contributed by atoms with Crippen LogP contribution in [0.3, 0.4) is 0 Å². The summed E-state index contributed by atoms with van der Waals surface area (Å²) in [6, 6.07) is 5.17. The minimum absolute atomic E-state index is 0. The molecule has 7 heteroatoms. The van der Waals surface area contributed by atoms with E-state index in [1.807, 2.05) is 6.07 Å². The number of aliphatic imine (C=N–C) groups is 1. The van der Waals surface area contributed by atoms with Gasteiger partial charge in [0.2, 0.25) is 0 Å². The lowest BCUT2D eigenvalue weighted by atomic mass is 10.2. The Morgan fingerprint density at radius 2 is 2.17 bits per heavy atom. The Morgan fingerprint density at radius 1 is 1.35 bits per heavy atom. The third-order valence-electron chi connectivity index (χ3n) is 3.30. The first-order valence-electron chi connectivity index (χ1n) is 7.46. The molecular formula is C16H23FIN5. The molecular weight excluding hydrogens is 408 g/mol. The standard InChI is InChI=1S/C16H22FN5.HI/c1-3-4-7-20-16(18-2)21-11-13-5-6-15(14(17)10-13)22-9-8-19-12-22;/h5-6,8-10,12H,3-4,7,11H2,1-2H3,(H2,18,20,21);1H. The van der Waals surface area contributed by atoms with Gasteiger partial charge in [-0.05, 0) is 24.1 Å². The molecule has 0 aliphatic heterocycles. The van der Waals surface area contributed by atoms with E-state index in [0.717, 1.165) is 30.9 Å². The second-order valence-electron chi connectivity index (χ2n) is 4.96. The maximum Gasteiger partial charge on any atom is 0.191 e. The van der Waals surface area contributed by atoms with Gasteiger partial charge in [-0.15, -0.1) is 24.0 Å². The Kier molecular flexibility index (Phi) is 8.60. The first-order chi connectivity index (χ1) is 10.7. The molecule has 0 spiro atoms. The van der Waals surface area contributed by atoms with Crippen LogP contribution in [0.25, 0.3) is 5.69 Å². The average Bonchev–Trinajstić information content (AvgIpc) is 3.05. The number of guanidine groups is 1. The van der Waals surface area contributed by atoms with Crippen LogP contribution in [0.15, 0.2) is 41.9 Å². The van der Waals surface area contributed by atoms with E-state index < -0.39 is 0 Å². The molecule has 0 radical (unpaired) electrons. The zero-order valence-corrected chi connectivity index (χ0v) is 15.8. The number of imidazole rings is 1. The van der Waals surface area contributed by atoms with E-state index in [2.05, 4.69) is 27.5 Å². The van der Waals surface area contributed by atoms with Gasteiger partial charge in [-0.2, -0.15) is 0 Å². The monoisotopic (exact) mass is 431 g/mol. The zero-order chi connectivity index (χ0) is 15.8. The van der Waals surface area contributed by atoms with E-state index in [-0.39, 0.29) is 29.8 Å². The highest BCUT2D eigenvalue weighted by molar-refractivity contribution is 14.0. The summed E-state index contributed by atoms with van der Waals surface area (Å²) < 4.78 is 15.8. The van der Waals surface area contributed by atoms with Gasteiger partial charge in [0.15, 0.2) is 5.96 Å². The van der Waals surface area contributed by atoms with Gasteiger partial charge in [0.25, 0.3) is 0 Å². The second-order valence-corrected chi connectivity index (χ2v) is 4.96. The van der Waals surface area contributed by atoms with Crippen LogP contribution >= 0.6 is 24.0 Å². The Hall–Kier alpha value is -1.64. The van der Waals surface area contributed by atoms with Gasteiger partial charge in [-0.25, -0.2) is 9.37 Å². The van der Waals surface area contributed by atoms with Crippen molar-refractivity contribution in [3.05, 3.63) is 48.3 Å². The number of nitrogens with one attached hydrogen (secondary N) is 2. The number of hydrogen-bond donors (Lipinski definition) is 2. The fourth-order valence-corrected chi connectivity index (χ4v) is 2.06. The van der Waals surface area contributed by atoms with E-state index in [4.69, 9.17) is 0 Å². The quantitative estimate of drug-likeness (QED) is 0.320. The average molecular weight is 431 g/mol. The Morgan fingerprint density at radius 3 is 2.78 bits per heavy atom. The van der Waals surface area contributed by atoms with Crippen LogP contribution in [0.1, 0.15) is 25.3 Å². The highest BCUT2D eigenvalue weighted by Gasteiger charge is 2.06. The molecule has 0 bridgehead atoms. The highest BCUT2D eigenvalue weighted by Crippen LogP contribution is 2.14. The molecule has 126 valence electrons. The van der Waals surface area contributed by atoms with Crippen LogP contribution in [-0.2, 0) is 6.54 Å². The number of unbranched alkanes of at least 4 members (excludes halogenated alkanes) is 1. The summed E-state index contributed by atoms with van der Waals surface area (Å²) in [7, 11) is 1.73. The molecule has 0 saturated heterocycles. The van der Waals surface area contributed by atoms with Crippen molar-refractivity contribution in [3.8, 4) is 5.69 Å². The van der Waals surface area contributed by atoms with Gasteiger partial charge in [0, 0.05) is 32.5 Å². The first-order valence-corrected chi connectivity index (χ1v) is 7.46. The van der Waals surface area contributed by atoms with Gasteiger partial charge in [0.1, 0.15) is 5.82 Å². The van der Waals surface area contributed by atoms with Crippen molar-refractivity contribution in [2.75, 3.05) is 13.6 Å². The molecule has 1 aromatic carbocycles. The SMILES string of the molecule is CCCCNC(=NC)NCc1ccc(-n2ccnc2)c(F)c1.I. The molecule has 0 saturated carbocycles. The Labute approximate surface area is 153 Å². The van der Waals surface area contributed by atoms with E-state index in [1.54, 1.807) is 36.4 Å². The van der Waals surface area contributed by atoms with E-state index in [9.17, 15) is 4.39 Å². The van der Waals surface area contributed by atoms with Gasteiger partial charge in [-0.1, -0.05) is 19.4 Å². The molecule has 2 N–H and O–H groups in total. The summed E-state index contributed by atoms with van der Waals surface area (Å²) >= 11 is 0. The normalized spacial score (nSPS) is 11.0. The lowest BCUT2D eigenvalue weighted by Crippen LogP contribution is -2.37. The number of nitrogens with zero attached hydrogens (tertiary/aromatic N) is 3. The summed E-state index contributed by atoms with van der Waals surface area (Å²) in [4.78, 5) is 8.07. The summed E-state index contributed by atoms with van der Waals surface area (Å²) in [6.07, 6.45) is 7.15. The van der Waals surface area contributed by atoms with Gasteiger partial charge < -0.3 is 15.2 Å². The molecule has 0 amide bonds. The van der Waals surface area contributed by atoms with Crippen LogP contribution in [0, 0.1) is 5.82 Å². The molecule has 0 unspecified atom stereocenters. The van der Waals surface area contributed by atoms with Crippen LogP contribution in [-0.4, -0.2) is 29.1 Å². The Balaban J connectivity index is 0.00000264. The number of halogens is 2. The van der Waals surface area contributed by atoms with Crippen LogP contribution in [0.5, 0.6) is 0 Å². The minimum atomic E-state index is -0.272. The predicted molar refractivity (Wildman–Crippen MR) is 102 cm³/mol. The van der Waals surface area contributed by atoms with Crippen LogP contribution < -0.4 is 10.6 Å². The van der Waals surface area contributed by atoms with Crippen LogP contribution in [0.4, 0.5) is 4.39 Å². The largest absolute Gasteiger partial charge is 0.356 e. The molecule has 2 rings (SSSR count). The topological polar surface area (TPSA) is 54.2 Å². The van der Waals surface area contributed by atoms with Crippen molar-refractivity contribution in [2.45, 2.75) is 26.3 Å².